The number of allylic oxidation sites excluding steroid dienone is 2. The van der Waals surface area contributed by atoms with Crippen molar-refractivity contribution >= 4 is 0 Å². The maximum absolute atomic E-state index is 2.53. The van der Waals surface area contributed by atoms with Gasteiger partial charge in [0.2, 0.25) is 0 Å². The lowest BCUT2D eigenvalue weighted by Gasteiger charge is -2.35. The fraction of sp³-hybridized carbons (Fsp3) is 0.846. The molecule has 2 unspecified atom stereocenters. The van der Waals surface area contributed by atoms with Crippen LogP contribution in [0.2, 0.25) is 0 Å². The molecule has 0 heterocycles. The molecular formula is C13H22. The molecule has 2 aliphatic carbocycles. The molecule has 74 valence electrons. The number of fused-ring (bicyclic) bond motifs is 1. The fourth-order valence-corrected chi connectivity index (χ4v) is 3.02. The lowest BCUT2D eigenvalue weighted by molar-refractivity contribution is 0.246. The van der Waals surface area contributed by atoms with Crippen LogP contribution in [0.3, 0.4) is 0 Å². The molecule has 0 aromatic heterocycles. The Morgan fingerprint density at radius 2 is 2.15 bits per heavy atom. The van der Waals surface area contributed by atoms with Crippen molar-refractivity contribution in [2.75, 3.05) is 0 Å². The highest BCUT2D eigenvalue weighted by atomic mass is 14.3. The van der Waals surface area contributed by atoms with Crippen molar-refractivity contribution in [1.82, 2.24) is 0 Å². The van der Waals surface area contributed by atoms with Gasteiger partial charge in [-0.25, -0.2) is 0 Å². The Bertz CT molecular complexity index is 200. The van der Waals surface area contributed by atoms with Gasteiger partial charge in [0.15, 0.2) is 0 Å². The number of rotatable bonds is 1. The summed E-state index contributed by atoms with van der Waals surface area (Å²) in [6, 6.07) is 0. The van der Waals surface area contributed by atoms with Crippen LogP contribution in [0.1, 0.15) is 52.4 Å². The summed E-state index contributed by atoms with van der Waals surface area (Å²) < 4.78 is 0. The lowest BCUT2D eigenvalue weighted by Crippen LogP contribution is -2.23. The van der Waals surface area contributed by atoms with Crippen molar-refractivity contribution in [3.63, 3.8) is 0 Å². The second kappa shape index (κ2) is 3.86. The Hall–Kier alpha value is -0.260. The summed E-state index contributed by atoms with van der Waals surface area (Å²) in [5, 5.41) is 0. The van der Waals surface area contributed by atoms with Crippen LogP contribution in [0, 0.1) is 17.8 Å². The summed E-state index contributed by atoms with van der Waals surface area (Å²) in [5.41, 5.74) is 1.81. The van der Waals surface area contributed by atoms with Gasteiger partial charge >= 0.3 is 0 Å². The zero-order valence-electron chi connectivity index (χ0n) is 9.05. The van der Waals surface area contributed by atoms with E-state index in [9.17, 15) is 0 Å². The SMILES string of the molecule is CC(C)C1CCC2=CCCCC2C1. The van der Waals surface area contributed by atoms with Crippen molar-refractivity contribution in [1.29, 1.82) is 0 Å². The van der Waals surface area contributed by atoms with Crippen LogP contribution in [0.5, 0.6) is 0 Å². The predicted octanol–water partition coefficient (Wildman–Crippen LogP) is 4.17. The first-order chi connectivity index (χ1) is 6.27. The Kier molecular flexibility index (Phi) is 2.76. The standard InChI is InChI=1S/C13H22/c1-10(2)12-8-7-11-5-3-4-6-13(11)9-12/h5,10,12-13H,3-4,6-9H2,1-2H3. The zero-order chi connectivity index (χ0) is 9.26. The Morgan fingerprint density at radius 1 is 1.31 bits per heavy atom. The van der Waals surface area contributed by atoms with E-state index in [2.05, 4.69) is 19.9 Å². The van der Waals surface area contributed by atoms with Crippen LogP contribution in [-0.4, -0.2) is 0 Å². The molecule has 0 radical (unpaired) electrons. The number of hydrogen-bond donors (Lipinski definition) is 0. The third kappa shape index (κ3) is 1.98. The molecule has 0 heteroatoms. The zero-order valence-corrected chi connectivity index (χ0v) is 9.05. The quantitative estimate of drug-likeness (QED) is 0.529. The van der Waals surface area contributed by atoms with Gasteiger partial charge in [0, 0.05) is 0 Å². The molecule has 0 aromatic rings. The summed E-state index contributed by atoms with van der Waals surface area (Å²) in [6.07, 6.45) is 11.2. The van der Waals surface area contributed by atoms with E-state index >= 15 is 0 Å². The highest BCUT2D eigenvalue weighted by molar-refractivity contribution is 5.12. The van der Waals surface area contributed by atoms with E-state index in [-0.39, 0.29) is 0 Å². The largest absolute Gasteiger partial charge is 0.0851 e. The number of hydrogen-bond acceptors (Lipinski definition) is 0. The summed E-state index contributed by atoms with van der Waals surface area (Å²) in [4.78, 5) is 0. The third-order valence-electron chi connectivity index (χ3n) is 4.02. The molecule has 2 rings (SSSR count). The average molecular weight is 178 g/mol. The van der Waals surface area contributed by atoms with Crippen molar-refractivity contribution in [2.45, 2.75) is 52.4 Å². The first-order valence-corrected chi connectivity index (χ1v) is 5.96. The first kappa shape index (κ1) is 9.30. The minimum atomic E-state index is 0.906. The highest BCUT2D eigenvalue weighted by Crippen LogP contribution is 2.41. The van der Waals surface area contributed by atoms with Gasteiger partial charge in [-0.1, -0.05) is 25.5 Å². The third-order valence-corrected chi connectivity index (χ3v) is 4.02. The molecule has 13 heavy (non-hydrogen) atoms. The van der Waals surface area contributed by atoms with Crippen LogP contribution in [0.15, 0.2) is 11.6 Å². The molecule has 0 nitrogen and oxygen atoms in total. The van der Waals surface area contributed by atoms with Crippen LogP contribution in [0.25, 0.3) is 0 Å². The maximum atomic E-state index is 2.53. The van der Waals surface area contributed by atoms with Crippen molar-refractivity contribution in [3.8, 4) is 0 Å². The minimum absolute atomic E-state index is 0.906. The Balaban J connectivity index is 2.00. The Morgan fingerprint density at radius 3 is 2.92 bits per heavy atom. The second-order valence-electron chi connectivity index (χ2n) is 5.19. The van der Waals surface area contributed by atoms with Crippen LogP contribution in [-0.2, 0) is 0 Å². The van der Waals surface area contributed by atoms with Crippen LogP contribution in [0.4, 0.5) is 0 Å². The minimum Gasteiger partial charge on any atom is -0.0851 e. The normalized spacial score (nSPS) is 34.2. The second-order valence-corrected chi connectivity index (χ2v) is 5.19. The fourth-order valence-electron chi connectivity index (χ4n) is 3.02. The van der Waals surface area contributed by atoms with Crippen molar-refractivity contribution in [3.05, 3.63) is 11.6 Å². The lowest BCUT2D eigenvalue weighted by atomic mass is 9.70. The van der Waals surface area contributed by atoms with E-state index in [1.807, 2.05) is 5.57 Å². The van der Waals surface area contributed by atoms with E-state index in [4.69, 9.17) is 0 Å². The summed E-state index contributed by atoms with van der Waals surface area (Å²) >= 11 is 0. The van der Waals surface area contributed by atoms with E-state index < -0.39 is 0 Å². The maximum Gasteiger partial charge on any atom is -0.0200 e. The van der Waals surface area contributed by atoms with Gasteiger partial charge in [0.05, 0.1) is 0 Å². The molecule has 2 aliphatic rings. The summed E-state index contributed by atoms with van der Waals surface area (Å²) in [5.74, 6) is 2.90. The highest BCUT2D eigenvalue weighted by Gasteiger charge is 2.28. The van der Waals surface area contributed by atoms with E-state index in [0.29, 0.717) is 0 Å². The van der Waals surface area contributed by atoms with E-state index in [0.717, 1.165) is 17.8 Å². The van der Waals surface area contributed by atoms with Gasteiger partial charge in [-0.3, -0.25) is 0 Å². The molecule has 2 atom stereocenters. The first-order valence-electron chi connectivity index (χ1n) is 5.96. The summed E-state index contributed by atoms with van der Waals surface area (Å²) in [6.45, 7) is 4.78. The van der Waals surface area contributed by atoms with Crippen molar-refractivity contribution in [2.24, 2.45) is 17.8 Å². The van der Waals surface area contributed by atoms with E-state index in [1.54, 1.807) is 0 Å². The summed E-state index contributed by atoms with van der Waals surface area (Å²) in [7, 11) is 0. The van der Waals surface area contributed by atoms with Crippen molar-refractivity contribution < 1.29 is 0 Å². The van der Waals surface area contributed by atoms with Gasteiger partial charge in [0.1, 0.15) is 0 Å². The molecule has 0 bridgehead atoms. The predicted molar refractivity (Wildman–Crippen MR) is 57.6 cm³/mol. The van der Waals surface area contributed by atoms with Crippen LogP contribution >= 0.6 is 0 Å². The van der Waals surface area contributed by atoms with Gasteiger partial charge in [-0.2, -0.15) is 0 Å². The van der Waals surface area contributed by atoms with Gasteiger partial charge in [0.25, 0.3) is 0 Å². The topological polar surface area (TPSA) is 0 Å². The molecule has 0 aliphatic heterocycles. The van der Waals surface area contributed by atoms with Gasteiger partial charge in [-0.05, 0) is 56.3 Å². The molecule has 1 saturated carbocycles. The van der Waals surface area contributed by atoms with E-state index in [1.165, 1.54) is 38.5 Å². The molecule has 1 fully saturated rings. The Labute approximate surface area is 82.4 Å². The molecule has 0 amide bonds. The van der Waals surface area contributed by atoms with Gasteiger partial charge < -0.3 is 0 Å². The molecular weight excluding hydrogens is 156 g/mol. The average Bonchev–Trinajstić information content (AvgIpc) is 2.17. The molecule has 0 aromatic carbocycles. The smallest absolute Gasteiger partial charge is 0.0200 e. The molecule has 0 N–H and O–H groups in total. The van der Waals surface area contributed by atoms with Crippen LogP contribution < -0.4 is 0 Å². The van der Waals surface area contributed by atoms with Gasteiger partial charge in [-0.15, -0.1) is 0 Å². The monoisotopic (exact) mass is 178 g/mol. The molecule has 0 saturated heterocycles. The molecule has 0 spiro atoms.